The Bertz CT molecular complexity index is 120. The average molecular weight is 147 g/mol. The molecule has 1 atom stereocenters. The molecule has 1 fully saturated rings. The first-order chi connectivity index (χ1) is 4.34. The molecule has 1 aliphatic heterocycles. The van der Waals surface area contributed by atoms with E-state index in [9.17, 15) is 0 Å². The lowest BCUT2D eigenvalue weighted by atomic mass is 10.1. The molecule has 0 bridgehead atoms. The smallest absolute Gasteiger partial charge is 0.224 e. The van der Waals surface area contributed by atoms with Crippen LogP contribution in [0.5, 0.6) is 0 Å². The standard InChI is InChI=1S/C7H13ClN/c1-7-4-2-3-5-9(7)6-8/h6-7H,2-5H2,1H3/q+1. The molecule has 1 saturated heterocycles. The van der Waals surface area contributed by atoms with Gasteiger partial charge in [-0.15, -0.1) is 0 Å². The Morgan fingerprint density at radius 3 is 2.78 bits per heavy atom. The monoisotopic (exact) mass is 146 g/mol. The molecule has 1 nitrogen and oxygen atoms in total. The first kappa shape index (κ1) is 7.07. The molecule has 0 N–H and O–H groups in total. The fourth-order valence-electron chi connectivity index (χ4n) is 1.27. The Morgan fingerprint density at radius 2 is 2.33 bits per heavy atom. The van der Waals surface area contributed by atoms with Gasteiger partial charge in [-0.3, -0.25) is 0 Å². The highest BCUT2D eigenvalue weighted by Gasteiger charge is 2.18. The van der Waals surface area contributed by atoms with E-state index in [1.54, 1.807) is 5.67 Å². The van der Waals surface area contributed by atoms with E-state index >= 15 is 0 Å². The number of hydrogen-bond acceptors (Lipinski definition) is 0. The van der Waals surface area contributed by atoms with Crippen LogP contribution in [0.1, 0.15) is 26.2 Å². The van der Waals surface area contributed by atoms with Crippen molar-refractivity contribution in [1.82, 2.24) is 0 Å². The van der Waals surface area contributed by atoms with Crippen LogP contribution < -0.4 is 0 Å². The van der Waals surface area contributed by atoms with Gasteiger partial charge in [-0.05, 0) is 24.9 Å². The second kappa shape index (κ2) is 3.21. The Kier molecular flexibility index (Phi) is 2.52. The second-order valence-electron chi connectivity index (χ2n) is 2.68. The lowest BCUT2D eigenvalue weighted by molar-refractivity contribution is -0.566. The van der Waals surface area contributed by atoms with Gasteiger partial charge in [0.1, 0.15) is 6.54 Å². The Morgan fingerprint density at radius 1 is 1.56 bits per heavy atom. The molecule has 0 aromatic rings. The Hall–Kier alpha value is -0.0400. The van der Waals surface area contributed by atoms with Crippen LogP contribution in [0, 0.1) is 0 Å². The van der Waals surface area contributed by atoms with Crippen molar-refractivity contribution in [2.75, 3.05) is 6.54 Å². The van der Waals surface area contributed by atoms with Crippen molar-refractivity contribution in [3.8, 4) is 0 Å². The minimum Gasteiger partial charge on any atom is -0.224 e. The summed E-state index contributed by atoms with van der Waals surface area (Å²) in [5, 5.41) is 0. The van der Waals surface area contributed by atoms with Crippen LogP contribution in [0.2, 0.25) is 0 Å². The lowest BCUT2D eigenvalue weighted by Gasteiger charge is -2.15. The molecule has 2 heteroatoms. The summed E-state index contributed by atoms with van der Waals surface area (Å²) in [5.74, 6) is 0. The van der Waals surface area contributed by atoms with Crippen molar-refractivity contribution >= 4 is 17.3 Å². The zero-order valence-corrected chi connectivity index (χ0v) is 6.56. The predicted molar refractivity (Wildman–Crippen MR) is 40.4 cm³/mol. The first-order valence-corrected chi connectivity index (χ1v) is 3.97. The highest BCUT2D eigenvalue weighted by atomic mass is 35.5. The maximum absolute atomic E-state index is 5.58. The molecule has 1 unspecified atom stereocenters. The minimum absolute atomic E-state index is 0.663. The Balaban J connectivity index is 2.49. The van der Waals surface area contributed by atoms with Gasteiger partial charge < -0.3 is 0 Å². The molecule has 0 aliphatic carbocycles. The maximum Gasteiger partial charge on any atom is 0.232 e. The molecule has 0 aromatic heterocycles. The number of rotatable bonds is 0. The summed E-state index contributed by atoms with van der Waals surface area (Å²) in [6.07, 6.45) is 3.96. The van der Waals surface area contributed by atoms with Gasteiger partial charge >= 0.3 is 0 Å². The van der Waals surface area contributed by atoms with E-state index < -0.39 is 0 Å². The van der Waals surface area contributed by atoms with Crippen molar-refractivity contribution < 1.29 is 4.58 Å². The molecular weight excluding hydrogens is 134 g/mol. The van der Waals surface area contributed by atoms with E-state index in [2.05, 4.69) is 11.5 Å². The zero-order valence-electron chi connectivity index (χ0n) is 5.81. The van der Waals surface area contributed by atoms with E-state index in [-0.39, 0.29) is 0 Å². The fourth-order valence-corrected chi connectivity index (χ4v) is 1.56. The van der Waals surface area contributed by atoms with Crippen molar-refractivity contribution in [2.45, 2.75) is 32.2 Å². The summed E-state index contributed by atoms with van der Waals surface area (Å²) in [6, 6.07) is 0.663. The van der Waals surface area contributed by atoms with Crippen molar-refractivity contribution in [3.63, 3.8) is 0 Å². The third-order valence-corrected chi connectivity index (χ3v) is 2.23. The van der Waals surface area contributed by atoms with Gasteiger partial charge in [0.25, 0.3) is 0 Å². The third kappa shape index (κ3) is 1.68. The predicted octanol–water partition coefficient (Wildman–Crippen LogP) is 1.84. The average Bonchev–Trinajstić information content (AvgIpc) is 1.89. The number of hydrogen-bond donors (Lipinski definition) is 0. The second-order valence-corrected chi connectivity index (χ2v) is 2.88. The number of nitrogens with zero attached hydrogens (tertiary/aromatic N) is 1. The quantitative estimate of drug-likeness (QED) is 0.459. The summed E-state index contributed by atoms with van der Waals surface area (Å²) < 4.78 is 2.20. The SMILES string of the molecule is CC1CCCC[N+]1=CCl. The summed E-state index contributed by atoms with van der Waals surface area (Å²) >= 11 is 5.58. The van der Waals surface area contributed by atoms with E-state index in [1.807, 2.05) is 0 Å². The maximum atomic E-state index is 5.58. The highest BCUT2D eigenvalue weighted by molar-refractivity contribution is 6.54. The molecule has 0 spiro atoms. The highest BCUT2D eigenvalue weighted by Crippen LogP contribution is 2.10. The van der Waals surface area contributed by atoms with Gasteiger partial charge in [0.15, 0.2) is 6.04 Å². The van der Waals surface area contributed by atoms with E-state index in [0.717, 1.165) is 6.54 Å². The van der Waals surface area contributed by atoms with Gasteiger partial charge in [-0.2, -0.15) is 0 Å². The van der Waals surface area contributed by atoms with E-state index in [4.69, 9.17) is 11.6 Å². The van der Waals surface area contributed by atoms with Crippen LogP contribution in [0.25, 0.3) is 0 Å². The molecular formula is C7H13ClN+. The topological polar surface area (TPSA) is 3.01 Å². The van der Waals surface area contributed by atoms with E-state index in [1.165, 1.54) is 19.3 Å². The largest absolute Gasteiger partial charge is 0.232 e. The van der Waals surface area contributed by atoms with Crippen LogP contribution in [0.15, 0.2) is 0 Å². The van der Waals surface area contributed by atoms with Crippen LogP contribution in [-0.4, -0.2) is 22.8 Å². The van der Waals surface area contributed by atoms with Gasteiger partial charge in [-0.1, -0.05) is 0 Å². The fraction of sp³-hybridized carbons (Fsp3) is 0.857. The van der Waals surface area contributed by atoms with Crippen LogP contribution in [-0.2, 0) is 0 Å². The normalized spacial score (nSPS) is 33.1. The van der Waals surface area contributed by atoms with Crippen molar-refractivity contribution in [2.24, 2.45) is 0 Å². The molecule has 1 rings (SSSR count). The lowest BCUT2D eigenvalue weighted by Crippen LogP contribution is -2.28. The molecule has 1 aliphatic rings. The molecule has 52 valence electrons. The van der Waals surface area contributed by atoms with Gasteiger partial charge in [0, 0.05) is 12.8 Å². The molecule has 0 amide bonds. The third-order valence-electron chi connectivity index (χ3n) is 1.98. The minimum atomic E-state index is 0.663. The summed E-state index contributed by atoms with van der Waals surface area (Å²) in [6.45, 7) is 3.36. The Labute approximate surface area is 61.3 Å². The van der Waals surface area contributed by atoms with Crippen LogP contribution in [0.4, 0.5) is 0 Å². The van der Waals surface area contributed by atoms with E-state index in [0.29, 0.717) is 6.04 Å². The molecule has 9 heavy (non-hydrogen) atoms. The first-order valence-electron chi connectivity index (χ1n) is 3.54. The van der Waals surface area contributed by atoms with Crippen LogP contribution >= 0.6 is 11.6 Å². The van der Waals surface area contributed by atoms with Gasteiger partial charge in [-0.25, -0.2) is 4.58 Å². The molecule has 1 heterocycles. The molecule has 0 aromatic carbocycles. The van der Waals surface area contributed by atoms with Crippen molar-refractivity contribution in [1.29, 1.82) is 0 Å². The summed E-state index contributed by atoms with van der Waals surface area (Å²) in [7, 11) is 0. The van der Waals surface area contributed by atoms with Crippen LogP contribution in [0.3, 0.4) is 0 Å². The molecule has 0 saturated carbocycles. The molecule has 0 radical (unpaired) electrons. The number of halogens is 1. The zero-order chi connectivity index (χ0) is 6.69. The van der Waals surface area contributed by atoms with Gasteiger partial charge in [0.05, 0.1) is 0 Å². The summed E-state index contributed by atoms with van der Waals surface area (Å²) in [5.41, 5.74) is 1.68. The van der Waals surface area contributed by atoms with Crippen molar-refractivity contribution in [3.05, 3.63) is 0 Å². The van der Waals surface area contributed by atoms with Gasteiger partial charge in [0.2, 0.25) is 5.67 Å². The number of piperidine rings is 1. The summed E-state index contributed by atoms with van der Waals surface area (Å²) in [4.78, 5) is 0.